The van der Waals surface area contributed by atoms with Crippen molar-refractivity contribution in [1.29, 1.82) is 0 Å². The van der Waals surface area contributed by atoms with Gasteiger partial charge in [0.1, 0.15) is 11.3 Å². The molecule has 0 amide bonds. The van der Waals surface area contributed by atoms with E-state index in [1.807, 2.05) is 0 Å². The minimum Gasteiger partial charge on any atom is -0.295 e. The van der Waals surface area contributed by atoms with Gasteiger partial charge in [-0.05, 0) is 57.3 Å². The molecule has 0 radical (unpaired) electrons. The number of benzene rings is 6. The van der Waals surface area contributed by atoms with E-state index in [1.165, 1.54) is 48.6 Å². The van der Waals surface area contributed by atoms with Crippen molar-refractivity contribution in [2.45, 2.75) is 0 Å². The van der Waals surface area contributed by atoms with E-state index in [1.54, 1.807) is 0 Å². The van der Waals surface area contributed by atoms with Crippen molar-refractivity contribution in [3.63, 3.8) is 0 Å². The topological polar surface area (TPSA) is 22.2 Å². The summed E-state index contributed by atoms with van der Waals surface area (Å²) in [5.74, 6) is 0. The number of nitrogens with zero attached hydrogens (tertiary/aromatic N) is 3. The molecule has 38 heavy (non-hydrogen) atoms. The highest BCUT2D eigenvalue weighted by molar-refractivity contribution is 6.24. The van der Waals surface area contributed by atoms with Crippen molar-refractivity contribution in [3.8, 4) is 5.69 Å². The molecule has 0 atom stereocenters. The number of hydrogen-bond acceptors (Lipinski definition) is 1. The molecule has 0 aliphatic rings. The molecule has 0 unspecified atom stereocenters. The summed E-state index contributed by atoms with van der Waals surface area (Å²) in [6.45, 7) is 0. The van der Waals surface area contributed by atoms with Crippen LogP contribution >= 0.6 is 0 Å². The summed E-state index contributed by atoms with van der Waals surface area (Å²) in [5, 5.41) is 9.96. The Hall–Kier alpha value is -5.15. The maximum Gasteiger partial charge on any atom is 0.147 e. The zero-order valence-corrected chi connectivity index (χ0v) is 20.5. The van der Waals surface area contributed by atoms with Gasteiger partial charge in [0.25, 0.3) is 0 Å². The lowest BCUT2D eigenvalue weighted by Crippen LogP contribution is -2.00. The Morgan fingerprint density at radius 3 is 2.03 bits per heavy atom. The van der Waals surface area contributed by atoms with E-state index in [9.17, 15) is 0 Å². The normalized spacial score (nSPS) is 12.2. The van der Waals surface area contributed by atoms with Crippen molar-refractivity contribution < 1.29 is 0 Å². The van der Waals surface area contributed by atoms with Crippen LogP contribution in [0.5, 0.6) is 0 Å². The van der Waals surface area contributed by atoms with E-state index >= 15 is 0 Å². The number of hydrogen-bond donors (Lipinski definition) is 0. The van der Waals surface area contributed by atoms with Gasteiger partial charge >= 0.3 is 0 Å². The molecular weight excluding hydrogens is 462 g/mol. The Balaban J connectivity index is 1.53. The summed E-state index contributed by atoms with van der Waals surface area (Å²) in [6.07, 6.45) is 0. The minimum atomic E-state index is 0.991. The summed E-state index contributed by atoms with van der Waals surface area (Å²) in [6, 6.07) is 45.9. The third-order valence-electron chi connectivity index (χ3n) is 8.05. The Labute approximate surface area is 217 Å². The Kier molecular flexibility index (Phi) is 3.79. The highest BCUT2D eigenvalue weighted by Crippen LogP contribution is 2.40. The van der Waals surface area contributed by atoms with Crippen LogP contribution in [0, 0.1) is 0 Å². The molecule has 3 aromatic heterocycles. The first-order chi connectivity index (χ1) is 18.9. The molecule has 3 nitrogen and oxygen atoms in total. The van der Waals surface area contributed by atoms with Gasteiger partial charge in [0.15, 0.2) is 0 Å². The highest BCUT2D eigenvalue weighted by atomic mass is 15.1. The summed E-state index contributed by atoms with van der Waals surface area (Å²) >= 11 is 0. The second kappa shape index (κ2) is 7.21. The van der Waals surface area contributed by atoms with Crippen molar-refractivity contribution in [2.24, 2.45) is 0 Å². The quantitative estimate of drug-likeness (QED) is 0.214. The third-order valence-corrected chi connectivity index (χ3v) is 8.05. The summed E-state index contributed by atoms with van der Waals surface area (Å²) < 4.78 is 4.78. The average molecular weight is 484 g/mol. The number of rotatable bonds is 1. The van der Waals surface area contributed by atoms with Crippen LogP contribution in [0.2, 0.25) is 0 Å². The molecule has 3 heteroatoms. The van der Waals surface area contributed by atoms with Crippen molar-refractivity contribution in [3.05, 3.63) is 127 Å². The molecule has 0 saturated heterocycles. The SMILES string of the molecule is c1ccc2c(c1)ccc1cc(-n3c4ccccc4c4c5ccccc5c5nc6ccccc6n5c43)ccc12. The zero-order valence-electron chi connectivity index (χ0n) is 20.5. The molecule has 9 aromatic rings. The Morgan fingerprint density at radius 1 is 0.474 bits per heavy atom. The second-order valence-corrected chi connectivity index (χ2v) is 10.0. The van der Waals surface area contributed by atoms with E-state index < -0.39 is 0 Å². The van der Waals surface area contributed by atoms with Gasteiger partial charge in [-0.2, -0.15) is 0 Å². The molecule has 0 bridgehead atoms. The maximum atomic E-state index is 5.13. The summed E-state index contributed by atoms with van der Waals surface area (Å²) in [5.41, 5.74) is 6.60. The largest absolute Gasteiger partial charge is 0.295 e. The van der Waals surface area contributed by atoms with Gasteiger partial charge in [-0.15, -0.1) is 0 Å². The average Bonchev–Trinajstić information content (AvgIpc) is 3.53. The minimum absolute atomic E-state index is 0.991. The van der Waals surface area contributed by atoms with Crippen LogP contribution in [0.3, 0.4) is 0 Å². The molecular formula is C35H21N3. The molecule has 6 aromatic carbocycles. The van der Waals surface area contributed by atoms with E-state index in [2.05, 4.69) is 136 Å². The number of imidazole rings is 1. The summed E-state index contributed by atoms with van der Waals surface area (Å²) in [4.78, 5) is 5.13. The highest BCUT2D eigenvalue weighted by Gasteiger charge is 2.21. The molecule has 0 N–H and O–H groups in total. The van der Waals surface area contributed by atoms with Gasteiger partial charge in [-0.1, -0.05) is 97.1 Å². The van der Waals surface area contributed by atoms with Crippen molar-refractivity contribution in [2.75, 3.05) is 0 Å². The van der Waals surface area contributed by atoms with Crippen LogP contribution in [-0.2, 0) is 0 Å². The van der Waals surface area contributed by atoms with Crippen LogP contribution in [-0.4, -0.2) is 14.0 Å². The number of para-hydroxylation sites is 3. The lowest BCUT2D eigenvalue weighted by atomic mass is 10.0. The first kappa shape index (κ1) is 20.0. The standard InChI is InChI=1S/C35H21N3/c1-2-10-25-22(9-1)17-18-23-21-24(19-20-26(23)25)37-31-15-7-5-13-29(31)33-27-11-3-4-12-28(27)34-36-30-14-6-8-16-32(30)38(34)35(33)37/h1-21H. The predicted octanol–water partition coefficient (Wildman–Crippen LogP) is 9.04. The molecule has 0 aliphatic heterocycles. The molecule has 3 heterocycles. The van der Waals surface area contributed by atoms with E-state index in [-0.39, 0.29) is 0 Å². The number of fused-ring (bicyclic) bond motifs is 13. The molecule has 0 saturated carbocycles. The van der Waals surface area contributed by atoms with Gasteiger partial charge in [-0.3, -0.25) is 8.97 Å². The summed E-state index contributed by atoms with van der Waals surface area (Å²) in [7, 11) is 0. The Morgan fingerprint density at radius 2 is 1.13 bits per heavy atom. The van der Waals surface area contributed by atoms with Crippen LogP contribution in [0.4, 0.5) is 0 Å². The van der Waals surface area contributed by atoms with Gasteiger partial charge in [0.2, 0.25) is 0 Å². The molecule has 9 rings (SSSR count). The zero-order chi connectivity index (χ0) is 24.8. The number of aromatic nitrogens is 3. The van der Waals surface area contributed by atoms with E-state index in [0.717, 1.165) is 28.0 Å². The third kappa shape index (κ3) is 2.50. The fourth-order valence-corrected chi connectivity index (χ4v) is 6.42. The fraction of sp³-hybridized carbons (Fsp3) is 0. The van der Waals surface area contributed by atoms with E-state index in [4.69, 9.17) is 4.98 Å². The second-order valence-electron chi connectivity index (χ2n) is 10.0. The molecule has 0 spiro atoms. The maximum absolute atomic E-state index is 5.13. The van der Waals surface area contributed by atoms with Crippen molar-refractivity contribution in [1.82, 2.24) is 14.0 Å². The fourth-order valence-electron chi connectivity index (χ4n) is 6.42. The van der Waals surface area contributed by atoms with Gasteiger partial charge in [-0.25, -0.2) is 4.98 Å². The van der Waals surface area contributed by atoms with Crippen molar-refractivity contribution >= 4 is 70.9 Å². The molecule has 0 aliphatic carbocycles. The van der Waals surface area contributed by atoms with Crippen LogP contribution in [0.15, 0.2) is 127 Å². The van der Waals surface area contributed by atoms with Gasteiger partial charge < -0.3 is 0 Å². The first-order valence-corrected chi connectivity index (χ1v) is 13.0. The molecule has 0 fully saturated rings. The smallest absolute Gasteiger partial charge is 0.147 e. The van der Waals surface area contributed by atoms with E-state index in [0.29, 0.717) is 0 Å². The van der Waals surface area contributed by atoms with Gasteiger partial charge in [0.05, 0.1) is 16.6 Å². The van der Waals surface area contributed by atoms with Crippen LogP contribution < -0.4 is 0 Å². The monoisotopic (exact) mass is 483 g/mol. The van der Waals surface area contributed by atoms with Gasteiger partial charge in [0, 0.05) is 21.8 Å². The number of pyridine rings is 1. The lowest BCUT2D eigenvalue weighted by Gasteiger charge is -2.13. The van der Waals surface area contributed by atoms with Crippen LogP contribution in [0.1, 0.15) is 0 Å². The van der Waals surface area contributed by atoms with Crippen LogP contribution in [0.25, 0.3) is 76.6 Å². The molecule has 176 valence electrons. The first-order valence-electron chi connectivity index (χ1n) is 13.0. The predicted molar refractivity (Wildman–Crippen MR) is 160 cm³/mol. The Bertz CT molecular complexity index is 2410. The lowest BCUT2D eigenvalue weighted by molar-refractivity contribution is 1.12.